The second kappa shape index (κ2) is 5.16. The van der Waals surface area contributed by atoms with E-state index in [0.717, 1.165) is 12.8 Å². The number of likely N-dealkylation sites (tertiary alicyclic amines) is 1. The summed E-state index contributed by atoms with van der Waals surface area (Å²) >= 11 is 0. The van der Waals surface area contributed by atoms with Crippen molar-refractivity contribution in [1.29, 1.82) is 0 Å². The van der Waals surface area contributed by atoms with Crippen LogP contribution in [0.3, 0.4) is 0 Å². The first kappa shape index (κ1) is 14.8. The van der Waals surface area contributed by atoms with E-state index in [1.165, 1.54) is 0 Å². The minimum atomic E-state index is -1.18. The van der Waals surface area contributed by atoms with E-state index in [0.29, 0.717) is 19.4 Å². The number of hydrogen-bond acceptors (Lipinski definition) is 2. The third-order valence-corrected chi connectivity index (χ3v) is 3.75. The van der Waals surface area contributed by atoms with Crippen LogP contribution in [0.4, 0.5) is 4.79 Å². The topological polar surface area (TPSA) is 69.6 Å². The first-order valence-corrected chi connectivity index (χ1v) is 6.56. The minimum Gasteiger partial charge on any atom is -0.480 e. The Morgan fingerprint density at radius 3 is 2.44 bits per heavy atom. The summed E-state index contributed by atoms with van der Waals surface area (Å²) in [6, 6.07) is -0.268. The molecule has 1 rings (SSSR count). The molecule has 0 bridgehead atoms. The fraction of sp³-hybridized carbons (Fsp3) is 0.846. The standard InChI is InChI=1S/C13H24N2O3/c1-5-7-13(4,10(16)17)14-11(18)15-9-6-8-12(15,2)3/h5-9H2,1-4H3,(H,14,18)(H,16,17). The average molecular weight is 256 g/mol. The fourth-order valence-corrected chi connectivity index (χ4v) is 2.51. The van der Waals surface area contributed by atoms with Crippen LogP contribution in [0.2, 0.25) is 0 Å². The van der Waals surface area contributed by atoms with Gasteiger partial charge in [-0.3, -0.25) is 0 Å². The van der Waals surface area contributed by atoms with Gasteiger partial charge >= 0.3 is 12.0 Å². The van der Waals surface area contributed by atoms with E-state index in [-0.39, 0.29) is 11.6 Å². The molecule has 2 amide bonds. The molecule has 1 fully saturated rings. The number of aliphatic carboxylic acids is 1. The van der Waals surface area contributed by atoms with E-state index in [2.05, 4.69) is 5.32 Å². The molecule has 0 aromatic rings. The highest BCUT2D eigenvalue weighted by atomic mass is 16.4. The van der Waals surface area contributed by atoms with Crippen LogP contribution in [0, 0.1) is 0 Å². The Balaban J connectivity index is 2.76. The molecule has 0 aliphatic carbocycles. The molecule has 18 heavy (non-hydrogen) atoms. The number of urea groups is 1. The average Bonchev–Trinajstić information content (AvgIpc) is 2.58. The van der Waals surface area contributed by atoms with Gasteiger partial charge in [0.05, 0.1) is 0 Å². The van der Waals surface area contributed by atoms with E-state index in [1.54, 1.807) is 11.8 Å². The normalized spacial score (nSPS) is 21.4. The first-order valence-electron chi connectivity index (χ1n) is 6.56. The SMILES string of the molecule is CCCC(C)(NC(=O)N1CCCC1(C)C)C(=O)O. The summed E-state index contributed by atoms with van der Waals surface area (Å²) in [4.78, 5) is 25.2. The molecule has 1 saturated heterocycles. The van der Waals surface area contributed by atoms with E-state index in [4.69, 9.17) is 0 Å². The Hall–Kier alpha value is -1.26. The van der Waals surface area contributed by atoms with Crippen molar-refractivity contribution in [2.24, 2.45) is 0 Å². The van der Waals surface area contributed by atoms with E-state index in [9.17, 15) is 14.7 Å². The molecule has 5 nitrogen and oxygen atoms in total. The zero-order valence-electron chi connectivity index (χ0n) is 11.7. The molecule has 1 aliphatic heterocycles. The summed E-state index contributed by atoms with van der Waals surface area (Å²) in [5.74, 6) is -0.977. The molecule has 5 heteroatoms. The maximum Gasteiger partial charge on any atom is 0.329 e. The van der Waals surface area contributed by atoms with Gasteiger partial charge in [0.15, 0.2) is 0 Å². The zero-order valence-corrected chi connectivity index (χ0v) is 11.7. The van der Waals surface area contributed by atoms with Crippen molar-refractivity contribution in [3.8, 4) is 0 Å². The van der Waals surface area contributed by atoms with Crippen LogP contribution in [0.25, 0.3) is 0 Å². The van der Waals surface area contributed by atoms with Gasteiger partial charge < -0.3 is 15.3 Å². The van der Waals surface area contributed by atoms with Crippen molar-refractivity contribution in [1.82, 2.24) is 10.2 Å². The molecular weight excluding hydrogens is 232 g/mol. The Morgan fingerprint density at radius 1 is 1.44 bits per heavy atom. The monoisotopic (exact) mass is 256 g/mol. The summed E-state index contributed by atoms with van der Waals surface area (Å²) < 4.78 is 0. The maximum absolute atomic E-state index is 12.2. The van der Waals surface area contributed by atoms with Crippen molar-refractivity contribution >= 4 is 12.0 Å². The molecule has 1 atom stereocenters. The van der Waals surface area contributed by atoms with E-state index in [1.807, 2.05) is 20.8 Å². The van der Waals surface area contributed by atoms with Crippen molar-refractivity contribution in [2.45, 2.75) is 64.5 Å². The van der Waals surface area contributed by atoms with Crippen LogP contribution in [0.15, 0.2) is 0 Å². The lowest BCUT2D eigenvalue weighted by atomic mass is 9.96. The first-order chi connectivity index (χ1) is 8.23. The van der Waals surface area contributed by atoms with Gasteiger partial charge in [0.2, 0.25) is 0 Å². The van der Waals surface area contributed by atoms with Gasteiger partial charge in [0.1, 0.15) is 5.54 Å². The van der Waals surface area contributed by atoms with Crippen molar-refractivity contribution in [3.05, 3.63) is 0 Å². The quantitative estimate of drug-likeness (QED) is 0.810. The third-order valence-electron chi connectivity index (χ3n) is 3.75. The van der Waals surface area contributed by atoms with Gasteiger partial charge in [-0.25, -0.2) is 9.59 Å². The van der Waals surface area contributed by atoms with E-state index < -0.39 is 11.5 Å². The van der Waals surface area contributed by atoms with Crippen LogP contribution in [0.5, 0.6) is 0 Å². The molecule has 1 aliphatic rings. The van der Waals surface area contributed by atoms with Crippen LogP contribution < -0.4 is 5.32 Å². The summed E-state index contributed by atoms with van der Waals surface area (Å²) in [6.07, 6.45) is 3.07. The molecule has 0 aromatic heterocycles. The molecule has 0 aromatic carbocycles. The van der Waals surface area contributed by atoms with E-state index >= 15 is 0 Å². The Kier molecular flexibility index (Phi) is 4.24. The highest BCUT2D eigenvalue weighted by molar-refractivity contribution is 5.86. The van der Waals surface area contributed by atoms with Gasteiger partial charge in [0.25, 0.3) is 0 Å². The molecule has 0 saturated carbocycles. The molecule has 0 spiro atoms. The number of nitrogens with zero attached hydrogens (tertiary/aromatic N) is 1. The highest BCUT2D eigenvalue weighted by Crippen LogP contribution is 2.28. The number of carboxylic acids is 1. The Bertz CT molecular complexity index is 341. The smallest absolute Gasteiger partial charge is 0.329 e. The molecule has 1 unspecified atom stereocenters. The number of hydrogen-bond donors (Lipinski definition) is 2. The number of rotatable bonds is 4. The van der Waals surface area contributed by atoms with Crippen LogP contribution >= 0.6 is 0 Å². The number of carbonyl (C=O) groups is 2. The minimum absolute atomic E-state index is 0.185. The van der Waals surface area contributed by atoms with Crippen molar-refractivity contribution in [3.63, 3.8) is 0 Å². The second-order valence-corrected chi connectivity index (χ2v) is 5.89. The fourth-order valence-electron chi connectivity index (χ4n) is 2.51. The van der Waals surface area contributed by atoms with Crippen LogP contribution in [-0.4, -0.2) is 39.6 Å². The predicted molar refractivity (Wildman–Crippen MR) is 69.5 cm³/mol. The van der Waals surface area contributed by atoms with Gasteiger partial charge in [-0.05, 0) is 40.0 Å². The lowest BCUT2D eigenvalue weighted by Gasteiger charge is -2.35. The maximum atomic E-state index is 12.2. The van der Waals surface area contributed by atoms with Gasteiger partial charge in [-0.2, -0.15) is 0 Å². The molecule has 1 heterocycles. The Morgan fingerprint density at radius 2 is 2.06 bits per heavy atom. The number of amides is 2. The number of nitrogens with one attached hydrogen (secondary N) is 1. The summed E-state index contributed by atoms with van der Waals surface area (Å²) in [5.41, 5.74) is -1.36. The largest absolute Gasteiger partial charge is 0.480 e. The highest BCUT2D eigenvalue weighted by Gasteiger charge is 2.40. The van der Waals surface area contributed by atoms with Gasteiger partial charge in [0, 0.05) is 12.1 Å². The second-order valence-electron chi connectivity index (χ2n) is 5.89. The van der Waals surface area contributed by atoms with Crippen molar-refractivity contribution in [2.75, 3.05) is 6.54 Å². The van der Waals surface area contributed by atoms with Crippen LogP contribution in [0.1, 0.15) is 53.4 Å². The molecule has 104 valence electrons. The van der Waals surface area contributed by atoms with Crippen LogP contribution in [-0.2, 0) is 4.79 Å². The predicted octanol–water partition coefficient (Wildman–Crippen LogP) is 2.21. The number of carbonyl (C=O) groups excluding carboxylic acids is 1. The third kappa shape index (κ3) is 2.94. The summed E-state index contributed by atoms with van der Waals surface area (Å²) in [6.45, 7) is 8.20. The Labute approximate surface area is 109 Å². The molecule has 2 N–H and O–H groups in total. The number of carboxylic acid groups (broad SMARTS) is 1. The summed E-state index contributed by atoms with van der Waals surface area (Å²) in [5, 5.41) is 11.9. The zero-order chi connectivity index (χ0) is 14.0. The molecular formula is C13H24N2O3. The lowest BCUT2D eigenvalue weighted by Crippen LogP contribution is -2.58. The van der Waals surface area contributed by atoms with Gasteiger partial charge in [-0.15, -0.1) is 0 Å². The molecule has 0 radical (unpaired) electrons. The van der Waals surface area contributed by atoms with Gasteiger partial charge in [-0.1, -0.05) is 13.3 Å². The summed E-state index contributed by atoms with van der Waals surface area (Å²) in [7, 11) is 0. The lowest BCUT2D eigenvalue weighted by molar-refractivity contribution is -0.144. The van der Waals surface area contributed by atoms with Crippen molar-refractivity contribution < 1.29 is 14.7 Å².